The van der Waals surface area contributed by atoms with Gasteiger partial charge in [-0.2, -0.15) is 5.10 Å². The minimum atomic E-state index is 0.319. The Morgan fingerprint density at radius 2 is 2.06 bits per heavy atom. The zero-order valence-electron chi connectivity index (χ0n) is 19.1. The first kappa shape index (κ1) is 21.6. The van der Waals surface area contributed by atoms with Crippen LogP contribution in [0, 0.1) is 13.8 Å². The van der Waals surface area contributed by atoms with Crippen molar-refractivity contribution >= 4 is 0 Å². The van der Waals surface area contributed by atoms with Gasteiger partial charge in [0.2, 0.25) is 0 Å². The standard InChI is InChI=1S/C26H33N3O2/c1-5-31-17-21-14-20(12-13-26(21)30-4)15-27-23-9-7-11-25-22(23)16-28-29(25)24-10-6-8-18(2)19(24)3/h6,8,10,12-14,16,23,27H,5,7,9,11,15,17H2,1-4H3. The average Bonchev–Trinajstić information content (AvgIpc) is 3.22. The van der Waals surface area contributed by atoms with E-state index in [0.29, 0.717) is 19.3 Å². The number of nitrogens with one attached hydrogen (secondary N) is 1. The van der Waals surface area contributed by atoms with Crippen LogP contribution in [0.4, 0.5) is 0 Å². The predicted molar refractivity (Wildman–Crippen MR) is 124 cm³/mol. The van der Waals surface area contributed by atoms with E-state index in [4.69, 9.17) is 14.6 Å². The number of hydrogen-bond acceptors (Lipinski definition) is 4. The summed E-state index contributed by atoms with van der Waals surface area (Å²) in [7, 11) is 1.71. The molecular weight excluding hydrogens is 386 g/mol. The molecular formula is C26H33N3O2. The molecule has 5 nitrogen and oxygen atoms in total. The van der Waals surface area contributed by atoms with Crippen LogP contribution in [0.15, 0.2) is 42.6 Å². The summed E-state index contributed by atoms with van der Waals surface area (Å²) < 4.78 is 13.3. The second-order valence-electron chi connectivity index (χ2n) is 8.29. The van der Waals surface area contributed by atoms with Crippen molar-refractivity contribution in [3.05, 3.63) is 76.1 Å². The summed E-state index contributed by atoms with van der Waals surface area (Å²) in [5.41, 5.74) is 8.79. The number of aromatic nitrogens is 2. The summed E-state index contributed by atoms with van der Waals surface area (Å²) in [6.45, 7) is 8.43. The molecule has 0 amide bonds. The van der Waals surface area contributed by atoms with Gasteiger partial charge < -0.3 is 14.8 Å². The van der Waals surface area contributed by atoms with Gasteiger partial charge in [-0.05, 0) is 74.9 Å². The molecule has 1 aromatic heterocycles. The number of nitrogens with zero attached hydrogens (tertiary/aromatic N) is 2. The van der Waals surface area contributed by atoms with Gasteiger partial charge in [0.15, 0.2) is 0 Å². The Kier molecular flexibility index (Phi) is 6.73. The van der Waals surface area contributed by atoms with Gasteiger partial charge in [-0.25, -0.2) is 4.68 Å². The fraction of sp³-hybridized carbons (Fsp3) is 0.423. The number of hydrogen-bond donors (Lipinski definition) is 1. The highest BCUT2D eigenvalue weighted by atomic mass is 16.5. The van der Waals surface area contributed by atoms with Crippen LogP contribution in [0.2, 0.25) is 0 Å². The summed E-state index contributed by atoms with van der Waals surface area (Å²) in [5.74, 6) is 0.881. The van der Waals surface area contributed by atoms with Gasteiger partial charge in [0.25, 0.3) is 0 Å². The van der Waals surface area contributed by atoms with E-state index in [9.17, 15) is 0 Å². The van der Waals surface area contributed by atoms with E-state index in [-0.39, 0.29) is 0 Å². The second kappa shape index (κ2) is 9.67. The Balaban J connectivity index is 1.52. The van der Waals surface area contributed by atoms with Gasteiger partial charge in [-0.1, -0.05) is 18.2 Å². The first-order chi connectivity index (χ1) is 15.1. The van der Waals surface area contributed by atoms with Crippen molar-refractivity contribution in [2.24, 2.45) is 0 Å². The SMILES string of the molecule is CCOCc1cc(CNC2CCCc3c2cnn3-c2cccc(C)c2C)ccc1OC. The smallest absolute Gasteiger partial charge is 0.124 e. The molecule has 164 valence electrons. The fourth-order valence-electron chi connectivity index (χ4n) is 4.45. The van der Waals surface area contributed by atoms with Crippen molar-refractivity contribution in [1.82, 2.24) is 15.1 Å². The van der Waals surface area contributed by atoms with Crippen LogP contribution < -0.4 is 10.1 Å². The van der Waals surface area contributed by atoms with Crippen molar-refractivity contribution in [1.29, 1.82) is 0 Å². The van der Waals surface area contributed by atoms with E-state index in [1.54, 1.807) is 7.11 Å². The molecule has 2 aromatic carbocycles. The van der Waals surface area contributed by atoms with Crippen LogP contribution >= 0.6 is 0 Å². The van der Waals surface area contributed by atoms with Crippen molar-refractivity contribution in [3.8, 4) is 11.4 Å². The molecule has 1 atom stereocenters. The van der Waals surface area contributed by atoms with Crippen molar-refractivity contribution in [3.63, 3.8) is 0 Å². The van der Waals surface area contributed by atoms with Crippen LogP contribution in [0.1, 0.15) is 59.3 Å². The number of rotatable bonds is 8. The summed E-state index contributed by atoms with van der Waals surface area (Å²) in [6, 6.07) is 13.1. The lowest BCUT2D eigenvalue weighted by Crippen LogP contribution is -2.25. The molecule has 1 aliphatic carbocycles. The first-order valence-electron chi connectivity index (χ1n) is 11.2. The third-order valence-electron chi connectivity index (χ3n) is 6.35. The number of aryl methyl sites for hydroxylation is 1. The topological polar surface area (TPSA) is 48.3 Å². The Morgan fingerprint density at radius 3 is 2.87 bits per heavy atom. The summed E-state index contributed by atoms with van der Waals surface area (Å²) in [5, 5.41) is 8.56. The zero-order chi connectivity index (χ0) is 21.8. The lowest BCUT2D eigenvalue weighted by Gasteiger charge is -2.25. The fourth-order valence-corrected chi connectivity index (χ4v) is 4.45. The maximum atomic E-state index is 5.61. The molecule has 0 fully saturated rings. The van der Waals surface area contributed by atoms with E-state index in [0.717, 1.165) is 30.7 Å². The highest BCUT2D eigenvalue weighted by Gasteiger charge is 2.25. The maximum Gasteiger partial charge on any atom is 0.124 e. The van der Waals surface area contributed by atoms with Crippen molar-refractivity contribution in [2.45, 2.75) is 59.2 Å². The van der Waals surface area contributed by atoms with Gasteiger partial charge in [0.05, 0.1) is 25.6 Å². The molecule has 31 heavy (non-hydrogen) atoms. The van der Waals surface area contributed by atoms with Gasteiger partial charge in [-0.3, -0.25) is 0 Å². The molecule has 0 bridgehead atoms. The van der Waals surface area contributed by atoms with E-state index < -0.39 is 0 Å². The lowest BCUT2D eigenvalue weighted by molar-refractivity contribution is 0.132. The van der Waals surface area contributed by atoms with E-state index in [1.807, 2.05) is 13.0 Å². The molecule has 0 spiro atoms. The molecule has 0 saturated heterocycles. The number of fused-ring (bicyclic) bond motifs is 1. The molecule has 5 heteroatoms. The highest BCUT2D eigenvalue weighted by molar-refractivity contribution is 5.46. The minimum absolute atomic E-state index is 0.319. The Labute approximate surface area is 185 Å². The third-order valence-corrected chi connectivity index (χ3v) is 6.35. The second-order valence-corrected chi connectivity index (χ2v) is 8.29. The van der Waals surface area contributed by atoms with Gasteiger partial charge in [0.1, 0.15) is 5.75 Å². The van der Waals surface area contributed by atoms with Crippen molar-refractivity contribution < 1.29 is 9.47 Å². The molecule has 1 heterocycles. The van der Waals surface area contributed by atoms with Crippen LogP contribution in [0.5, 0.6) is 5.75 Å². The van der Waals surface area contributed by atoms with E-state index in [2.05, 4.69) is 60.4 Å². The minimum Gasteiger partial charge on any atom is -0.496 e. The Morgan fingerprint density at radius 1 is 1.19 bits per heavy atom. The van der Waals surface area contributed by atoms with Crippen LogP contribution in [-0.2, 0) is 24.3 Å². The molecule has 0 radical (unpaired) electrons. The molecule has 4 rings (SSSR count). The molecule has 3 aromatic rings. The predicted octanol–water partition coefficient (Wildman–Crippen LogP) is 5.20. The van der Waals surface area contributed by atoms with Crippen LogP contribution in [0.25, 0.3) is 5.69 Å². The van der Waals surface area contributed by atoms with Gasteiger partial charge in [-0.15, -0.1) is 0 Å². The third kappa shape index (κ3) is 4.53. The number of methoxy groups -OCH3 is 1. The molecule has 1 unspecified atom stereocenters. The van der Waals surface area contributed by atoms with Crippen LogP contribution in [0.3, 0.4) is 0 Å². The Hall–Kier alpha value is -2.63. The molecule has 0 saturated carbocycles. The average molecular weight is 420 g/mol. The normalized spacial score (nSPS) is 15.7. The lowest BCUT2D eigenvalue weighted by atomic mass is 9.92. The summed E-state index contributed by atoms with van der Waals surface area (Å²) >= 11 is 0. The number of benzene rings is 2. The maximum absolute atomic E-state index is 5.61. The molecule has 1 N–H and O–H groups in total. The zero-order valence-corrected chi connectivity index (χ0v) is 19.1. The molecule has 1 aliphatic rings. The van der Waals surface area contributed by atoms with Crippen molar-refractivity contribution in [2.75, 3.05) is 13.7 Å². The quantitative estimate of drug-likeness (QED) is 0.545. The Bertz CT molecular complexity index is 1040. The van der Waals surface area contributed by atoms with Gasteiger partial charge >= 0.3 is 0 Å². The summed E-state index contributed by atoms with van der Waals surface area (Å²) in [6.07, 6.45) is 5.43. The first-order valence-corrected chi connectivity index (χ1v) is 11.2. The van der Waals surface area contributed by atoms with E-state index >= 15 is 0 Å². The number of ether oxygens (including phenoxy) is 2. The highest BCUT2D eigenvalue weighted by Crippen LogP contribution is 2.32. The summed E-state index contributed by atoms with van der Waals surface area (Å²) in [4.78, 5) is 0. The molecule has 0 aliphatic heterocycles. The monoisotopic (exact) mass is 419 g/mol. The van der Waals surface area contributed by atoms with Crippen LogP contribution in [-0.4, -0.2) is 23.5 Å². The largest absolute Gasteiger partial charge is 0.496 e. The van der Waals surface area contributed by atoms with E-state index in [1.165, 1.54) is 40.1 Å². The van der Waals surface area contributed by atoms with Gasteiger partial charge in [0, 0.05) is 36.0 Å².